The average molecular weight is 353 g/mol. The summed E-state index contributed by atoms with van der Waals surface area (Å²) in [6.45, 7) is 0.380. The van der Waals surface area contributed by atoms with Gasteiger partial charge in [0.05, 0.1) is 19.2 Å². The lowest BCUT2D eigenvalue weighted by Crippen LogP contribution is -2.28. The van der Waals surface area contributed by atoms with Crippen molar-refractivity contribution in [2.75, 3.05) is 7.11 Å². The Kier molecular flexibility index (Phi) is 5.31. The molecule has 0 saturated carbocycles. The molecule has 6 nitrogen and oxygen atoms in total. The van der Waals surface area contributed by atoms with E-state index in [1.165, 1.54) is 4.90 Å². The molecular weight excluding hydrogens is 334 g/mol. The first kappa shape index (κ1) is 17.7. The molecule has 0 N–H and O–H groups in total. The van der Waals surface area contributed by atoms with Crippen LogP contribution in [0.2, 0.25) is 0 Å². The molecule has 1 fully saturated rings. The van der Waals surface area contributed by atoms with Gasteiger partial charge in [-0.25, -0.2) is 4.79 Å². The Labute approximate surface area is 151 Å². The zero-order valence-corrected chi connectivity index (χ0v) is 14.4. The summed E-state index contributed by atoms with van der Waals surface area (Å²) in [6.07, 6.45) is 0.543. The van der Waals surface area contributed by atoms with Gasteiger partial charge in [0, 0.05) is 12.8 Å². The highest BCUT2D eigenvalue weighted by Crippen LogP contribution is 2.17. The van der Waals surface area contributed by atoms with Crippen molar-refractivity contribution in [3.05, 3.63) is 65.2 Å². The Hall–Kier alpha value is -3.15. The molecule has 2 aromatic rings. The second kappa shape index (κ2) is 7.82. The number of carbonyl (C=O) groups is 3. The van der Waals surface area contributed by atoms with Crippen molar-refractivity contribution in [2.45, 2.75) is 26.0 Å². The van der Waals surface area contributed by atoms with Gasteiger partial charge in [0.1, 0.15) is 12.4 Å². The second-order valence-corrected chi connectivity index (χ2v) is 6.00. The van der Waals surface area contributed by atoms with E-state index in [1.54, 1.807) is 37.4 Å². The Morgan fingerprint density at radius 3 is 2.35 bits per heavy atom. The lowest BCUT2D eigenvalue weighted by Gasteiger charge is -2.13. The van der Waals surface area contributed by atoms with Gasteiger partial charge in [-0.2, -0.15) is 0 Å². The summed E-state index contributed by atoms with van der Waals surface area (Å²) in [5.41, 5.74) is 2.04. The molecule has 1 aliphatic heterocycles. The van der Waals surface area contributed by atoms with Gasteiger partial charge in [0.15, 0.2) is 0 Å². The van der Waals surface area contributed by atoms with Gasteiger partial charge in [0.2, 0.25) is 11.8 Å². The molecule has 6 heteroatoms. The number of likely N-dealkylation sites (tertiary alicyclic amines) is 1. The van der Waals surface area contributed by atoms with Gasteiger partial charge in [-0.1, -0.05) is 24.3 Å². The first-order chi connectivity index (χ1) is 12.6. The number of ether oxygens (including phenoxy) is 2. The van der Waals surface area contributed by atoms with Crippen LogP contribution in [-0.2, 0) is 27.5 Å². The summed E-state index contributed by atoms with van der Waals surface area (Å²) in [5.74, 6) is -0.0462. The summed E-state index contributed by atoms with van der Waals surface area (Å²) in [7, 11) is 1.58. The topological polar surface area (TPSA) is 72.9 Å². The van der Waals surface area contributed by atoms with Crippen LogP contribution in [0.4, 0.5) is 0 Å². The molecule has 0 atom stereocenters. The monoisotopic (exact) mass is 353 g/mol. The fraction of sp³-hybridized carbons (Fsp3) is 0.250. The molecule has 1 saturated heterocycles. The number of rotatable bonds is 6. The highest BCUT2D eigenvalue weighted by molar-refractivity contribution is 6.01. The molecule has 0 radical (unpaired) electrons. The first-order valence-corrected chi connectivity index (χ1v) is 8.29. The Balaban J connectivity index is 1.58. The van der Waals surface area contributed by atoms with Crippen LogP contribution in [-0.4, -0.2) is 29.8 Å². The minimum atomic E-state index is -0.437. The number of hydrogen-bond acceptors (Lipinski definition) is 5. The van der Waals surface area contributed by atoms with Crippen molar-refractivity contribution in [1.82, 2.24) is 4.90 Å². The van der Waals surface area contributed by atoms with Crippen LogP contribution in [0.5, 0.6) is 5.75 Å². The molecule has 1 aliphatic rings. The molecule has 0 spiro atoms. The number of benzene rings is 2. The van der Waals surface area contributed by atoms with E-state index in [0.717, 1.165) is 11.1 Å². The zero-order valence-electron chi connectivity index (χ0n) is 14.4. The third-order valence-corrected chi connectivity index (χ3v) is 4.19. The summed E-state index contributed by atoms with van der Waals surface area (Å²) < 4.78 is 10.4. The second-order valence-electron chi connectivity index (χ2n) is 6.00. The SMILES string of the molecule is COc1cccc(COC(=O)c2ccc(CN3C(=O)CCC3=O)cc2)c1. The van der Waals surface area contributed by atoms with E-state index in [9.17, 15) is 14.4 Å². The van der Waals surface area contributed by atoms with Crippen molar-refractivity contribution in [2.24, 2.45) is 0 Å². The number of hydrogen-bond donors (Lipinski definition) is 0. The minimum Gasteiger partial charge on any atom is -0.497 e. The largest absolute Gasteiger partial charge is 0.497 e. The Bertz CT molecular complexity index is 812. The molecule has 0 aromatic heterocycles. The lowest BCUT2D eigenvalue weighted by molar-refractivity contribution is -0.139. The maximum atomic E-state index is 12.2. The number of imide groups is 1. The third-order valence-electron chi connectivity index (χ3n) is 4.19. The van der Waals surface area contributed by atoms with Crippen molar-refractivity contribution in [3.8, 4) is 5.75 Å². The van der Waals surface area contributed by atoms with Gasteiger partial charge in [-0.15, -0.1) is 0 Å². The Morgan fingerprint density at radius 1 is 1.00 bits per heavy atom. The number of nitrogens with zero attached hydrogens (tertiary/aromatic N) is 1. The summed E-state index contributed by atoms with van der Waals surface area (Å²) >= 11 is 0. The fourth-order valence-corrected chi connectivity index (χ4v) is 2.72. The van der Waals surface area contributed by atoms with E-state index in [-0.39, 0.29) is 37.8 Å². The molecule has 3 rings (SSSR count). The first-order valence-electron chi connectivity index (χ1n) is 8.29. The van der Waals surface area contributed by atoms with E-state index in [1.807, 2.05) is 18.2 Å². The van der Waals surface area contributed by atoms with Crippen molar-refractivity contribution in [3.63, 3.8) is 0 Å². The molecule has 1 heterocycles. The van der Waals surface area contributed by atoms with Crippen LogP contribution >= 0.6 is 0 Å². The number of carbonyl (C=O) groups excluding carboxylic acids is 3. The van der Waals surface area contributed by atoms with E-state index < -0.39 is 5.97 Å². The van der Waals surface area contributed by atoms with Crippen LogP contribution in [0, 0.1) is 0 Å². The molecule has 2 aromatic carbocycles. The number of amides is 2. The van der Waals surface area contributed by atoms with Gasteiger partial charge in [0.25, 0.3) is 0 Å². The predicted molar refractivity (Wildman–Crippen MR) is 93.3 cm³/mol. The van der Waals surface area contributed by atoms with Crippen molar-refractivity contribution >= 4 is 17.8 Å². The maximum Gasteiger partial charge on any atom is 0.338 e. The van der Waals surface area contributed by atoms with Gasteiger partial charge < -0.3 is 9.47 Å². The van der Waals surface area contributed by atoms with Crippen molar-refractivity contribution < 1.29 is 23.9 Å². The third kappa shape index (κ3) is 4.08. The smallest absolute Gasteiger partial charge is 0.338 e. The quantitative estimate of drug-likeness (QED) is 0.590. The molecule has 0 bridgehead atoms. The normalized spacial score (nSPS) is 13.8. The van der Waals surface area contributed by atoms with Crippen LogP contribution in [0.1, 0.15) is 34.3 Å². The fourth-order valence-electron chi connectivity index (χ4n) is 2.72. The zero-order chi connectivity index (χ0) is 18.5. The number of methoxy groups -OCH3 is 1. The lowest BCUT2D eigenvalue weighted by atomic mass is 10.1. The molecule has 134 valence electrons. The summed E-state index contributed by atoms with van der Waals surface area (Å²) in [6, 6.07) is 14.0. The van der Waals surface area contributed by atoms with Crippen LogP contribution in [0.3, 0.4) is 0 Å². The maximum absolute atomic E-state index is 12.2. The molecule has 0 aliphatic carbocycles. The predicted octanol–water partition coefficient (Wildman–Crippen LogP) is 2.70. The highest BCUT2D eigenvalue weighted by atomic mass is 16.5. The van der Waals surface area contributed by atoms with Crippen LogP contribution in [0.15, 0.2) is 48.5 Å². The Morgan fingerprint density at radius 2 is 1.69 bits per heavy atom. The molecular formula is C20H19NO5. The minimum absolute atomic E-state index is 0.147. The van der Waals surface area contributed by atoms with Crippen LogP contribution < -0.4 is 4.74 Å². The highest BCUT2D eigenvalue weighted by Gasteiger charge is 2.28. The molecule has 26 heavy (non-hydrogen) atoms. The summed E-state index contributed by atoms with van der Waals surface area (Å²) in [5, 5.41) is 0. The van der Waals surface area contributed by atoms with E-state index in [2.05, 4.69) is 0 Å². The average Bonchev–Trinajstić information content (AvgIpc) is 2.99. The van der Waals surface area contributed by atoms with Gasteiger partial charge in [-0.05, 0) is 35.4 Å². The molecule has 0 unspecified atom stereocenters. The van der Waals surface area contributed by atoms with E-state index in [0.29, 0.717) is 11.3 Å². The van der Waals surface area contributed by atoms with Gasteiger partial charge >= 0.3 is 5.97 Å². The van der Waals surface area contributed by atoms with E-state index >= 15 is 0 Å². The van der Waals surface area contributed by atoms with E-state index in [4.69, 9.17) is 9.47 Å². The number of esters is 1. The van der Waals surface area contributed by atoms with Crippen molar-refractivity contribution in [1.29, 1.82) is 0 Å². The molecule has 2 amide bonds. The van der Waals surface area contributed by atoms with Gasteiger partial charge in [-0.3, -0.25) is 14.5 Å². The summed E-state index contributed by atoms with van der Waals surface area (Å²) in [4.78, 5) is 36.7. The standard InChI is InChI=1S/C20H19NO5/c1-25-17-4-2-3-15(11-17)13-26-20(24)16-7-5-14(6-8-16)12-21-18(22)9-10-19(21)23/h2-8,11H,9-10,12-13H2,1H3. The van der Waals surface area contributed by atoms with Crippen LogP contribution in [0.25, 0.3) is 0 Å².